The van der Waals surface area contributed by atoms with E-state index >= 15 is 0 Å². The highest BCUT2D eigenvalue weighted by Gasteiger charge is 2.10. The molecule has 6 heteroatoms. The molecule has 1 heterocycles. The fourth-order valence-corrected chi connectivity index (χ4v) is 2.28. The Labute approximate surface area is 144 Å². The van der Waals surface area contributed by atoms with Gasteiger partial charge in [0.05, 0.1) is 25.3 Å². The smallest absolute Gasteiger partial charge is 0.251 e. The van der Waals surface area contributed by atoms with Gasteiger partial charge >= 0.3 is 0 Å². The molecule has 3 rings (SSSR count). The van der Waals surface area contributed by atoms with Crippen LogP contribution in [0.2, 0.25) is 0 Å². The zero-order valence-electron chi connectivity index (χ0n) is 13.5. The van der Waals surface area contributed by atoms with E-state index in [2.05, 4.69) is 10.5 Å². The molecule has 0 spiro atoms. The number of methoxy groups -OCH3 is 1. The number of carbonyl (C=O) groups is 1. The number of hydrogen-bond acceptors (Lipinski definition) is 5. The van der Waals surface area contributed by atoms with Crippen molar-refractivity contribution in [2.75, 3.05) is 7.11 Å². The maximum absolute atomic E-state index is 12.1. The second kappa shape index (κ2) is 7.32. The van der Waals surface area contributed by atoms with Crippen molar-refractivity contribution in [3.05, 3.63) is 71.4 Å². The molecule has 0 aliphatic rings. The molecule has 0 atom stereocenters. The van der Waals surface area contributed by atoms with Crippen LogP contribution in [0.15, 0.2) is 59.1 Å². The Morgan fingerprint density at radius 1 is 1.24 bits per heavy atom. The summed E-state index contributed by atoms with van der Waals surface area (Å²) in [6.45, 7) is 0.242. The van der Waals surface area contributed by atoms with Crippen LogP contribution in [0.25, 0.3) is 11.3 Å². The summed E-state index contributed by atoms with van der Waals surface area (Å²) >= 11 is 0. The van der Waals surface area contributed by atoms with Gasteiger partial charge in [-0.3, -0.25) is 4.79 Å². The van der Waals surface area contributed by atoms with Crippen LogP contribution in [0.1, 0.15) is 21.6 Å². The summed E-state index contributed by atoms with van der Waals surface area (Å²) in [5, 5.41) is 15.5. The number of amides is 1. The van der Waals surface area contributed by atoms with Crippen LogP contribution in [0.5, 0.6) is 5.75 Å². The van der Waals surface area contributed by atoms with E-state index in [0.717, 1.165) is 11.3 Å². The summed E-state index contributed by atoms with van der Waals surface area (Å²) in [5.41, 5.74) is 2.45. The number of nitrogens with one attached hydrogen (secondary N) is 1. The number of nitriles is 1. The number of carbonyl (C=O) groups excluding carboxylic acids is 1. The lowest BCUT2D eigenvalue weighted by atomic mass is 10.1. The van der Waals surface area contributed by atoms with E-state index in [1.165, 1.54) is 0 Å². The molecule has 3 aromatic rings. The molecule has 25 heavy (non-hydrogen) atoms. The van der Waals surface area contributed by atoms with E-state index in [0.29, 0.717) is 22.6 Å². The van der Waals surface area contributed by atoms with Gasteiger partial charge < -0.3 is 14.6 Å². The highest BCUT2D eigenvalue weighted by atomic mass is 16.5. The zero-order chi connectivity index (χ0) is 17.6. The van der Waals surface area contributed by atoms with Crippen LogP contribution in [-0.4, -0.2) is 18.2 Å². The molecular formula is C19H15N3O3. The number of benzene rings is 2. The van der Waals surface area contributed by atoms with Gasteiger partial charge in [0.25, 0.3) is 5.91 Å². The monoisotopic (exact) mass is 333 g/mol. The van der Waals surface area contributed by atoms with Crippen molar-refractivity contribution in [3.8, 4) is 23.1 Å². The summed E-state index contributed by atoms with van der Waals surface area (Å²) in [5.74, 6) is 1.08. The van der Waals surface area contributed by atoms with Crippen molar-refractivity contribution in [1.29, 1.82) is 5.26 Å². The molecule has 0 fully saturated rings. The van der Waals surface area contributed by atoms with Gasteiger partial charge in [0, 0.05) is 17.2 Å². The number of aromatic nitrogens is 1. The summed E-state index contributed by atoms with van der Waals surface area (Å²) in [7, 11) is 1.60. The van der Waals surface area contributed by atoms with Gasteiger partial charge in [0.2, 0.25) is 0 Å². The lowest BCUT2D eigenvalue weighted by Crippen LogP contribution is -2.22. The number of ether oxygens (including phenoxy) is 1. The normalized spacial score (nSPS) is 10.1. The van der Waals surface area contributed by atoms with Gasteiger partial charge in [0.15, 0.2) is 5.76 Å². The average Bonchev–Trinajstić information content (AvgIpc) is 3.15. The Bertz CT molecular complexity index is 924. The molecule has 124 valence electrons. The van der Waals surface area contributed by atoms with Crippen LogP contribution >= 0.6 is 0 Å². The molecule has 1 amide bonds. The third kappa shape index (κ3) is 3.85. The van der Waals surface area contributed by atoms with E-state index in [1.807, 2.05) is 30.3 Å². The molecule has 0 saturated carbocycles. The number of rotatable bonds is 5. The van der Waals surface area contributed by atoms with E-state index in [9.17, 15) is 4.79 Å². The minimum absolute atomic E-state index is 0.240. The SMILES string of the molecule is COc1cccc(-c2cc(CNC(=O)c3ccc(C#N)cc3)no2)c1. The summed E-state index contributed by atoms with van der Waals surface area (Å²) < 4.78 is 10.5. The first kappa shape index (κ1) is 16.3. The fraction of sp³-hybridized carbons (Fsp3) is 0.105. The van der Waals surface area contributed by atoms with Crippen LogP contribution < -0.4 is 10.1 Å². The fourth-order valence-electron chi connectivity index (χ4n) is 2.28. The highest BCUT2D eigenvalue weighted by Crippen LogP contribution is 2.24. The summed E-state index contributed by atoms with van der Waals surface area (Å²) in [4.78, 5) is 12.1. The number of hydrogen-bond donors (Lipinski definition) is 1. The molecule has 0 aliphatic heterocycles. The van der Waals surface area contributed by atoms with Crippen molar-refractivity contribution in [2.45, 2.75) is 6.54 Å². The largest absolute Gasteiger partial charge is 0.497 e. The predicted octanol–water partition coefficient (Wildman–Crippen LogP) is 3.15. The second-order valence-corrected chi connectivity index (χ2v) is 5.29. The Morgan fingerprint density at radius 2 is 2.04 bits per heavy atom. The van der Waals surface area contributed by atoms with Crippen molar-refractivity contribution < 1.29 is 14.1 Å². The third-order valence-electron chi connectivity index (χ3n) is 3.62. The Balaban J connectivity index is 1.65. The second-order valence-electron chi connectivity index (χ2n) is 5.29. The third-order valence-corrected chi connectivity index (χ3v) is 3.62. The van der Waals surface area contributed by atoms with Gasteiger partial charge in [-0.15, -0.1) is 0 Å². The Kier molecular flexibility index (Phi) is 4.77. The molecule has 0 radical (unpaired) electrons. The minimum Gasteiger partial charge on any atom is -0.497 e. The molecule has 2 aromatic carbocycles. The van der Waals surface area contributed by atoms with Crippen LogP contribution in [-0.2, 0) is 6.54 Å². The van der Waals surface area contributed by atoms with Crippen LogP contribution in [0, 0.1) is 11.3 Å². The molecule has 0 aliphatic carbocycles. The van der Waals surface area contributed by atoms with Gasteiger partial charge in [-0.05, 0) is 36.4 Å². The Morgan fingerprint density at radius 3 is 2.76 bits per heavy atom. The predicted molar refractivity (Wildman–Crippen MR) is 90.8 cm³/mol. The first-order valence-electron chi connectivity index (χ1n) is 7.58. The van der Waals surface area contributed by atoms with Gasteiger partial charge in [-0.1, -0.05) is 17.3 Å². The first-order chi connectivity index (χ1) is 12.2. The molecule has 0 saturated heterocycles. The zero-order valence-corrected chi connectivity index (χ0v) is 13.5. The van der Waals surface area contributed by atoms with Crippen molar-refractivity contribution in [1.82, 2.24) is 10.5 Å². The topological polar surface area (TPSA) is 88.1 Å². The minimum atomic E-state index is -0.240. The maximum Gasteiger partial charge on any atom is 0.251 e. The average molecular weight is 333 g/mol. The van der Waals surface area contributed by atoms with Crippen LogP contribution in [0.4, 0.5) is 0 Å². The molecular weight excluding hydrogens is 318 g/mol. The van der Waals surface area contributed by atoms with Crippen molar-refractivity contribution in [3.63, 3.8) is 0 Å². The highest BCUT2D eigenvalue weighted by molar-refractivity contribution is 5.94. The van der Waals surface area contributed by atoms with E-state index in [4.69, 9.17) is 14.5 Å². The Hall–Kier alpha value is -3.59. The lowest BCUT2D eigenvalue weighted by Gasteiger charge is -2.02. The van der Waals surface area contributed by atoms with Crippen molar-refractivity contribution in [2.24, 2.45) is 0 Å². The molecule has 6 nitrogen and oxygen atoms in total. The van der Waals surface area contributed by atoms with Crippen molar-refractivity contribution >= 4 is 5.91 Å². The van der Waals surface area contributed by atoms with Gasteiger partial charge in [0.1, 0.15) is 11.4 Å². The van der Waals surface area contributed by atoms with Gasteiger partial charge in [-0.25, -0.2) is 0 Å². The van der Waals surface area contributed by atoms with E-state index in [-0.39, 0.29) is 12.5 Å². The maximum atomic E-state index is 12.1. The standard InChI is InChI=1S/C19H15N3O3/c1-24-17-4-2-3-15(9-17)18-10-16(22-25-18)12-21-19(23)14-7-5-13(11-20)6-8-14/h2-10H,12H2,1H3,(H,21,23). The van der Waals surface area contributed by atoms with Gasteiger partial charge in [-0.2, -0.15) is 5.26 Å². The number of nitrogens with zero attached hydrogens (tertiary/aromatic N) is 2. The lowest BCUT2D eigenvalue weighted by molar-refractivity contribution is 0.0950. The van der Waals surface area contributed by atoms with Crippen LogP contribution in [0.3, 0.4) is 0 Å². The van der Waals surface area contributed by atoms with E-state index in [1.54, 1.807) is 37.4 Å². The molecule has 0 unspecified atom stereocenters. The summed E-state index contributed by atoms with van der Waals surface area (Å²) in [6, 6.07) is 17.7. The first-order valence-corrected chi connectivity index (χ1v) is 7.58. The van der Waals surface area contributed by atoms with E-state index < -0.39 is 0 Å². The molecule has 1 N–H and O–H groups in total. The summed E-state index contributed by atoms with van der Waals surface area (Å²) in [6.07, 6.45) is 0. The molecule has 1 aromatic heterocycles. The quantitative estimate of drug-likeness (QED) is 0.775. The molecule has 0 bridgehead atoms.